The van der Waals surface area contributed by atoms with Gasteiger partial charge in [0.1, 0.15) is 0 Å². The van der Waals surface area contributed by atoms with Crippen LogP contribution in [0.25, 0.3) is 10.9 Å². The maximum atomic E-state index is 12.1. The quantitative estimate of drug-likeness (QED) is 0.357. The molecule has 1 heterocycles. The monoisotopic (exact) mass is 362 g/mol. The molecule has 0 saturated heterocycles. The molecule has 140 valence electrons. The third-order valence-electron chi connectivity index (χ3n) is 3.94. The van der Waals surface area contributed by atoms with Gasteiger partial charge in [0.15, 0.2) is 6.04 Å². The second-order valence-corrected chi connectivity index (χ2v) is 6.01. The van der Waals surface area contributed by atoms with Crippen molar-refractivity contribution in [2.24, 2.45) is 5.73 Å². The number of para-hydroxylation sites is 1. The van der Waals surface area contributed by atoms with Crippen molar-refractivity contribution in [2.45, 2.75) is 31.5 Å². The molecule has 0 unspecified atom stereocenters. The van der Waals surface area contributed by atoms with Crippen LogP contribution in [0.3, 0.4) is 0 Å². The summed E-state index contributed by atoms with van der Waals surface area (Å²) in [5, 5.41) is 23.7. The topological polar surface area (TPSA) is 158 Å². The van der Waals surface area contributed by atoms with Crippen molar-refractivity contribution in [3.8, 4) is 0 Å². The number of nitrogens with one attached hydrogen (secondary N) is 3. The molecule has 2 amide bonds. The average Bonchev–Trinajstić information content (AvgIpc) is 3.00. The number of rotatable bonds is 8. The van der Waals surface area contributed by atoms with E-state index in [1.54, 1.807) is 6.20 Å². The second kappa shape index (κ2) is 8.45. The van der Waals surface area contributed by atoms with Crippen LogP contribution in [-0.4, -0.2) is 57.7 Å². The average molecular weight is 362 g/mol. The van der Waals surface area contributed by atoms with Gasteiger partial charge in [-0.05, 0) is 25.0 Å². The van der Waals surface area contributed by atoms with Gasteiger partial charge in [0, 0.05) is 17.1 Å². The lowest BCUT2D eigenvalue weighted by Gasteiger charge is -2.17. The second-order valence-electron chi connectivity index (χ2n) is 6.01. The number of H-pyrrole nitrogens is 1. The first kappa shape index (κ1) is 19.4. The Balaban J connectivity index is 1.87. The first-order chi connectivity index (χ1) is 12.3. The molecule has 0 aliphatic carbocycles. The summed E-state index contributed by atoms with van der Waals surface area (Å²) in [5.41, 5.74) is 7.71. The number of nitrogens with two attached hydrogens (primary N) is 1. The van der Waals surface area contributed by atoms with E-state index in [1.165, 1.54) is 6.92 Å². The van der Waals surface area contributed by atoms with Crippen LogP contribution < -0.4 is 16.4 Å². The number of aliphatic carboxylic acids is 1. The molecular formula is C17H22N4O5. The van der Waals surface area contributed by atoms with Crippen LogP contribution >= 0.6 is 0 Å². The number of hydrogen-bond donors (Lipinski definition) is 6. The Labute approximate surface area is 149 Å². The third kappa shape index (κ3) is 4.80. The first-order valence-electron chi connectivity index (χ1n) is 8.08. The number of amides is 2. The predicted octanol–water partition coefficient (Wildman–Crippen LogP) is -0.896. The molecule has 1 aromatic carbocycles. The van der Waals surface area contributed by atoms with E-state index in [-0.39, 0.29) is 6.42 Å². The zero-order chi connectivity index (χ0) is 19.3. The molecule has 26 heavy (non-hydrogen) atoms. The highest BCUT2D eigenvalue weighted by Gasteiger charge is 2.25. The van der Waals surface area contributed by atoms with E-state index in [0.717, 1.165) is 16.5 Å². The van der Waals surface area contributed by atoms with Crippen LogP contribution in [0, 0.1) is 0 Å². The minimum Gasteiger partial charge on any atom is -0.480 e. The van der Waals surface area contributed by atoms with Crippen molar-refractivity contribution >= 4 is 28.7 Å². The fraction of sp³-hybridized carbons (Fsp3) is 0.353. The number of carbonyl (C=O) groups is 3. The van der Waals surface area contributed by atoms with Crippen LogP contribution in [0.2, 0.25) is 0 Å². The Morgan fingerprint density at radius 2 is 1.96 bits per heavy atom. The Morgan fingerprint density at radius 1 is 1.27 bits per heavy atom. The number of aromatic amines is 1. The Morgan fingerprint density at radius 3 is 2.62 bits per heavy atom. The number of hydrogen-bond acceptors (Lipinski definition) is 5. The highest BCUT2D eigenvalue weighted by Crippen LogP contribution is 2.18. The summed E-state index contributed by atoms with van der Waals surface area (Å²) >= 11 is 0. The van der Waals surface area contributed by atoms with Gasteiger partial charge in [0.25, 0.3) is 0 Å². The van der Waals surface area contributed by atoms with Crippen molar-refractivity contribution < 1.29 is 24.6 Å². The van der Waals surface area contributed by atoms with Gasteiger partial charge in [-0.2, -0.15) is 0 Å². The highest BCUT2D eigenvalue weighted by atomic mass is 16.4. The van der Waals surface area contributed by atoms with E-state index in [1.807, 2.05) is 24.3 Å². The number of fused-ring (bicyclic) bond motifs is 1. The van der Waals surface area contributed by atoms with E-state index in [0.29, 0.717) is 0 Å². The molecule has 2 rings (SSSR count). The number of carboxylic acids is 1. The lowest BCUT2D eigenvalue weighted by atomic mass is 10.1. The molecule has 9 nitrogen and oxygen atoms in total. The zero-order valence-corrected chi connectivity index (χ0v) is 14.2. The maximum Gasteiger partial charge on any atom is 0.328 e. The minimum absolute atomic E-state index is 0.281. The SMILES string of the molecule is C[C@@H](O)[C@H](NC(=O)CNC(=O)[C@@H](N)Cc1c[nH]c2ccccc12)C(=O)O. The zero-order valence-electron chi connectivity index (χ0n) is 14.2. The number of carboxylic acid groups (broad SMARTS) is 1. The van der Waals surface area contributed by atoms with Gasteiger partial charge in [-0.15, -0.1) is 0 Å². The molecule has 0 radical (unpaired) electrons. The van der Waals surface area contributed by atoms with Gasteiger partial charge in [0.05, 0.1) is 18.7 Å². The van der Waals surface area contributed by atoms with E-state index >= 15 is 0 Å². The van der Waals surface area contributed by atoms with Crippen molar-refractivity contribution in [1.82, 2.24) is 15.6 Å². The summed E-state index contributed by atoms with van der Waals surface area (Å²) in [7, 11) is 0. The molecule has 2 aromatic rings. The number of aliphatic hydroxyl groups is 1. The molecule has 0 spiro atoms. The smallest absolute Gasteiger partial charge is 0.328 e. The van der Waals surface area contributed by atoms with Crippen LogP contribution in [0.5, 0.6) is 0 Å². The molecule has 0 fully saturated rings. The van der Waals surface area contributed by atoms with E-state index in [9.17, 15) is 19.5 Å². The van der Waals surface area contributed by atoms with Gasteiger partial charge in [-0.1, -0.05) is 18.2 Å². The van der Waals surface area contributed by atoms with Crippen LogP contribution in [0.4, 0.5) is 0 Å². The standard InChI is InChI=1S/C17H22N4O5/c1-9(22)15(17(25)26)21-14(23)8-20-16(24)12(18)6-10-7-19-13-5-3-2-4-11(10)13/h2-5,7,9,12,15,19,22H,6,8,18H2,1H3,(H,20,24)(H,21,23)(H,25,26)/t9-,12+,15+/m1/s1. The van der Waals surface area contributed by atoms with Crippen LogP contribution in [0.1, 0.15) is 12.5 Å². The molecule has 3 atom stereocenters. The molecule has 0 saturated carbocycles. The number of aromatic nitrogens is 1. The van der Waals surface area contributed by atoms with Gasteiger partial charge in [-0.25, -0.2) is 4.79 Å². The van der Waals surface area contributed by atoms with Gasteiger partial charge >= 0.3 is 5.97 Å². The Hall–Kier alpha value is -2.91. The normalized spacial score (nSPS) is 14.4. The van der Waals surface area contributed by atoms with E-state index in [2.05, 4.69) is 15.6 Å². The van der Waals surface area contributed by atoms with Crippen LogP contribution in [0.15, 0.2) is 30.5 Å². The predicted molar refractivity (Wildman–Crippen MR) is 94.2 cm³/mol. The molecule has 7 N–H and O–H groups in total. The molecule has 9 heteroatoms. The molecule has 0 bridgehead atoms. The van der Waals surface area contributed by atoms with Gasteiger partial charge in [-0.3, -0.25) is 9.59 Å². The van der Waals surface area contributed by atoms with Crippen molar-refractivity contribution in [1.29, 1.82) is 0 Å². The minimum atomic E-state index is -1.45. The van der Waals surface area contributed by atoms with Crippen LogP contribution in [-0.2, 0) is 20.8 Å². The molecular weight excluding hydrogens is 340 g/mol. The highest BCUT2D eigenvalue weighted by molar-refractivity contribution is 5.90. The largest absolute Gasteiger partial charge is 0.480 e. The fourth-order valence-electron chi connectivity index (χ4n) is 2.54. The summed E-state index contributed by atoms with van der Waals surface area (Å²) in [5.74, 6) is -2.63. The fourth-order valence-corrected chi connectivity index (χ4v) is 2.54. The number of aliphatic hydroxyl groups excluding tert-OH is 1. The number of carbonyl (C=O) groups excluding carboxylic acids is 2. The lowest BCUT2D eigenvalue weighted by molar-refractivity contribution is -0.144. The summed E-state index contributed by atoms with van der Waals surface area (Å²) in [6.07, 6.45) is 0.796. The lowest BCUT2D eigenvalue weighted by Crippen LogP contribution is -2.52. The summed E-state index contributed by atoms with van der Waals surface area (Å²) < 4.78 is 0. The van der Waals surface area contributed by atoms with Crippen molar-refractivity contribution in [2.75, 3.05) is 6.54 Å². The molecule has 1 aromatic heterocycles. The summed E-state index contributed by atoms with van der Waals surface area (Å²) in [6.45, 7) is 0.811. The summed E-state index contributed by atoms with van der Waals surface area (Å²) in [6, 6.07) is 5.30. The number of benzene rings is 1. The van der Waals surface area contributed by atoms with Crippen molar-refractivity contribution in [3.63, 3.8) is 0 Å². The Bertz CT molecular complexity index is 801. The van der Waals surface area contributed by atoms with Crippen molar-refractivity contribution in [3.05, 3.63) is 36.0 Å². The van der Waals surface area contributed by atoms with Gasteiger partial charge in [0.2, 0.25) is 11.8 Å². The van der Waals surface area contributed by atoms with E-state index in [4.69, 9.17) is 10.8 Å². The maximum absolute atomic E-state index is 12.1. The molecule has 0 aliphatic rings. The third-order valence-corrected chi connectivity index (χ3v) is 3.94. The van der Waals surface area contributed by atoms with E-state index < -0.39 is 42.5 Å². The molecule has 0 aliphatic heterocycles. The first-order valence-corrected chi connectivity index (χ1v) is 8.08. The Kier molecular flexibility index (Phi) is 6.31. The summed E-state index contributed by atoms with van der Waals surface area (Å²) in [4.78, 5) is 37.8. The van der Waals surface area contributed by atoms with Gasteiger partial charge < -0.3 is 31.6 Å².